The van der Waals surface area contributed by atoms with Crippen LogP contribution >= 0.6 is 0 Å². The molecule has 2 N–H and O–H groups in total. The Kier molecular flexibility index (Phi) is 6.33. The van der Waals surface area contributed by atoms with Crippen LogP contribution in [0.3, 0.4) is 0 Å². The Morgan fingerprint density at radius 2 is 1.96 bits per heavy atom. The van der Waals surface area contributed by atoms with Crippen molar-refractivity contribution in [1.29, 1.82) is 0 Å². The zero-order chi connectivity index (χ0) is 18.4. The molecule has 0 amide bonds. The summed E-state index contributed by atoms with van der Waals surface area (Å²) >= 11 is 0. The minimum Gasteiger partial charge on any atom is -0.478 e. The fourth-order valence-electron chi connectivity index (χ4n) is 3.23. The van der Waals surface area contributed by atoms with Gasteiger partial charge in [-0.2, -0.15) is 0 Å². The molecule has 1 fully saturated rings. The van der Waals surface area contributed by atoms with Crippen LogP contribution < -0.4 is 5.32 Å². The second-order valence-corrected chi connectivity index (χ2v) is 6.36. The number of rotatable bonds is 7. The van der Waals surface area contributed by atoms with E-state index in [0.29, 0.717) is 26.3 Å². The maximum Gasteiger partial charge on any atom is 0.335 e. The van der Waals surface area contributed by atoms with Gasteiger partial charge < -0.3 is 15.2 Å². The standard InChI is InChI=1S/C20H23FN2O3/c21-18-6-2-4-16(12-18)19(23-7-9-26-10-8-23)14-22-13-15-3-1-5-17(11-15)20(24)25/h1-6,11-12,19,22H,7-10,13-14H2,(H,24,25). The van der Waals surface area contributed by atoms with E-state index in [9.17, 15) is 9.18 Å². The summed E-state index contributed by atoms with van der Waals surface area (Å²) in [6.45, 7) is 4.14. The van der Waals surface area contributed by atoms with Crippen LogP contribution in [0.4, 0.5) is 4.39 Å². The molecule has 6 heteroatoms. The van der Waals surface area contributed by atoms with Crippen LogP contribution in [0, 0.1) is 5.82 Å². The van der Waals surface area contributed by atoms with Gasteiger partial charge in [-0.25, -0.2) is 9.18 Å². The molecular formula is C20H23FN2O3. The zero-order valence-corrected chi connectivity index (χ0v) is 14.5. The highest BCUT2D eigenvalue weighted by atomic mass is 19.1. The third kappa shape index (κ3) is 4.88. The maximum absolute atomic E-state index is 13.7. The number of halogens is 1. The summed E-state index contributed by atoms with van der Waals surface area (Å²) in [4.78, 5) is 13.4. The molecule has 0 radical (unpaired) electrons. The summed E-state index contributed by atoms with van der Waals surface area (Å²) in [5, 5.41) is 12.5. The predicted octanol–water partition coefficient (Wildman–Crippen LogP) is 2.69. The number of nitrogens with zero attached hydrogens (tertiary/aromatic N) is 1. The number of nitrogens with one attached hydrogen (secondary N) is 1. The molecule has 0 saturated carbocycles. The lowest BCUT2D eigenvalue weighted by atomic mass is 10.0. The summed E-state index contributed by atoms with van der Waals surface area (Å²) in [5.74, 6) is -1.17. The lowest BCUT2D eigenvalue weighted by molar-refractivity contribution is 0.0160. The number of aromatic carboxylic acids is 1. The van der Waals surface area contributed by atoms with E-state index in [-0.39, 0.29) is 17.4 Å². The monoisotopic (exact) mass is 358 g/mol. The first-order chi connectivity index (χ1) is 12.6. The molecule has 26 heavy (non-hydrogen) atoms. The first-order valence-corrected chi connectivity index (χ1v) is 8.74. The van der Waals surface area contributed by atoms with Crippen LogP contribution in [-0.4, -0.2) is 48.8 Å². The van der Waals surface area contributed by atoms with Crippen LogP contribution in [0.15, 0.2) is 48.5 Å². The highest BCUT2D eigenvalue weighted by Gasteiger charge is 2.22. The number of carboxylic acid groups (broad SMARTS) is 1. The van der Waals surface area contributed by atoms with E-state index in [1.165, 1.54) is 6.07 Å². The van der Waals surface area contributed by atoms with Gasteiger partial charge in [0.25, 0.3) is 0 Å². The van der Waals surface area contributed by atoms with Crippen LogP contribution in [-0.2, 0) is 11.3 Å². The molecule has 1 heterocycles. The summed E-state index contributed by atoms with van der Waals surface area (Å²) in [7, 11) is 0. The highest BCUT2D eigenvalue weighted by Crippen LogP contribution is 2.22. The normalized spacial score (nSPS) is 16.3. The fourth-order valence-corrected chi connectivity index (χ4v) is 3.23. The third-order valence-electron chi connectivity index (χ3n) is 4.56. The number of carboxylic acids is 1. The molecule has 0 aromatic heterocycles. The largest absolute Gasteiger partial charge is 0.478 e. The highest BCUT2D eigenvalue weighted by molar-refractivity contribution is 5.87. The van der Waals surface area contributed by atoms with E-state index in [2.05, 4.69) is 10.2 Å². The zero-order valence-electron chi connectivity index (χ0n) is 14.5. The Morgan fingerprint density at radius 3 is 2.69 bits per heavy atom. The molecule has 2 aromatic carbocycles. The summed E-state index contributed by atoms with van der Waals surface area (Å²) < 4.78 is 19.1. The molecule has 1 aliphatic heterocycles. The first-order valence-electron chi connectivity index (χ1n) is 8.74. The van der Waals surface area contributed by atoms with Crippen molar-refractivity contribution in [2.24, 2.45) is 0 Å². The molecule has 0 aliphatic carbocycles. The topological polar surface area (TPSA) is 61.8 Å². The molecule has 2 aromatic rings. The quantitative estimate of drug-likeness (QED) is 0.797. The minimum absolute atomic E-state index is 0.0391. The van der Waals surface area contributed by atoms with Gasteiger partial charge in [-0.15, -0.1) is 0 Å². The first kappa shape index (κ1) is 18.5. The number of hydrogen-bond acceptors (Lipinski definition) is 4. The van der Waals surface area contributed by atoms with Crippen molar-refractivity contribution in [2.45, 2.75) is 12.6 Å². The van der Waals surface area contributed by atoms with E-state index in [0.717, 1.165) is 24.2 Å². The fraction of sp³-hybridized carbons (Fsp3) is 0.350. The van der Waals surface area contributed by atoms with Gasteiger partial charge in [0.05, 0.1) is 18.8 Å². The number of benzene rings is 2. The Labute approximate surface area is 152 Å². The van der Waals surface area contributed by atoms with Crippen LogP contribution in [0.25, 0.3) is 0 Å². The molecule has 1 atom stereocenters. The molecule has 1 saturated heterocycles. The van der Waals surface area contributed by atoms with Crippen molar-refractivity contribution in [3.63, 3.8) is 0 Å². The van der Waals surface area contributed by atoms with Gasteiger partial charge in [0.2, 0.25) is 0 Å². The van der Waals surface area contributed by atoms with E-state index in [1.54, 1.807) is 30.3 Å². The van der Waals surface area contributed by atoms with E-state index < -0.39 is 5.97 Å². The van der Waals surface area contributed by atoms with Gasteiger partial charge in [-0.3, -0.25) is 4.90 Å². The number of hydrogen-bond donors (Lipinski definition) is 2. The maximum atomic E-state index is 13.7. The van der Waals surface area contributed by atoms with Crippen molar-refractivity contribution in [1.82, 2.24) is 10.2 Å². The lowest BCUT2D eigenvalue weighted by Gasteiger charge is -2.35. The average Bonchev–Trinajstić information content (AvgIpc) is 2.66. The predicted molar refractivity (Wildman–Crippen MR) is 96.6 cm³/mol. The average molecular weight is 358 g/mol. The Balaban J connectivity index is 1.67. The second-order valence-electron chi connectivity index (χ2n) is 6.36. The van der Waals surface area contributed by atoms with Crippen molar-refractivity contribution < 1.29 is 19.0 Å². The van der Waals surface area contributed by atoms with E-state index in [1.807, 2.05) is 12.1 Å². The van der Waals surface area contributed by atoms with E-state index in [4.69, 9.17) is 9.84 Å². The van der Waals surface area contributed by atoms with Gasteiger partial charge >= 0.3 is 5.97 Å². The van der Waals surface area contributed by atoms with Crippen molar-refractivity contribution in [3.8, 4) is 0 Å². The molecular weight excluding hydrogens is 335 g/mol. The molecule has 1 unspecified atom stereocenters. The Hall–Kier alpha value is -2.28. The molecule has 0 bridgehead atoms. The van der Waals surface area contributed by atoms with Crippen molar-refractivity contribution in [2.75, 3.05) is 32.8 Å². The number of carbonyl (C=O) groups is 1. The smallest absolute Gasteiger partial charge is 0.335 e. The summed E-state index contributed by atoms with van der Waals surface area (Å²) in [5.41, 5.74) is 2.11. The van der Waals surface area contributed by atoms with Crippen molar-refractivity contribution in [3.05, 3.63) is 71.0 Å². The number of ether oxygens (including phenoxy) is 1. The lowest BCUT2D eigenvalue weighted by Crippen LogP contribution is -2.42. The van der Waals surface area contributed by atoms with Crippen LogP contribution in [0.5, 0.6) is 0 Å². The summed E-state index contributed by atoms with van der Waals surface area (Å²) in [6, 6.07) is 13.6. The van der Waals surface area contributed by atoms with Crippen LogP contribution in [0.1, 0.15) is 27.5 Å². The summed E-state index contributed by atoms with van der Waals surface area (Å²) in [6.07, 6.45) is 0. The van der Waals surface area contributed by atoms with E-state index >= 15 is 0 Å². The van der Waals surface area contributed by atoms with Crippen molar-refractivity contribution >= 4 is 5.97 Å². The van der Waals surface area contributed by atoms with Gasteiger partial charge in [-0.05, 0) is 35.4 Å². The molecule has 138 valence electrons. The second kappa shape index (κ2) is 8.89. The molecule has 1 aliphatic rings. The van der Waals surface area contributed by atoms with Gasteiger partial charge in [0.15, 0.2) is 0 Å². The van der Waals surface area contributed by atoms with Crippen LogP contribution in [0.2, 0.25) is 0 Å². The molecule has 5 nitrogen and oxygen atoms in total. The SMILES string of the molecule is O=C(O)c1cccc(CNCC(c2cccc(F)c2)N2CCOCC2)c1. The van der Waals surface area contributed by atoms with Gasteiger partial charge in [0, 0.05) is 32.2 Å². The molecule has 3 rings (SSSR count). The van der Waals surface area contributed by atoms with Gasteiger partial charge in [-0.1, -0.05) is 24.3 Å². The minimum atomic E-state index is -0.933. The van der Waals surface area contributed by atoms with Gasteiger partial charge in [0.1, 0.15) is 5.82 Å². The Morgan fingerprint density at radius 1 is 1.19 bits per heavy atom. The number of morpholine rings is 1. The third-order valence-corrected chi connectivity index (χ3v) is 4.56. The molecule has 0 spiro atoms. The Bertz CT molecular complexity index is 747.